The molecule has 1 aliphatic rings. The predicted octanol–water partition coefficient (Wildman–Crippen LogP) is 3.07. The highest BCUT2D eigenvalue weighted by atomic mass is 16.5. The van der Waals surface area contributed by atoms with Gasteiger partial charge in [-0.15, -0.1) is 0 Å². The Morgan fingerprint density at radius 3 is 2.68 bits per heavy atom. The summed E-state index contributed by atoms with van der Waals surface area (Å²) in [6, 6.07) is 2.71. The molecule has 6 heteroatoms. The van der Waals surface area contributed by atoms with Gasteiger partial charge in [-0.05, 0) is 32.4 Å². The van der Waals surface area contributed by atoms with Crippen LogP contribution in [-0.2, 0) is 6.54 Å². The maximum atomic E-state index is 5.51. The lowest BCUT2D eigenvalue weighted by Crippen LogP contribution is -2.43. The number of nitrogens with zero attached hydrogens (tertiary/aromatic N) is 4. The van der Waals surface area contributed by atoms with Gasteiger partial charge in [0.15, 0.2) is 11.7 Å². The first-order chi connectivity index (χ1) is 12.2. The quantitative estimate of drug-likeness (QED) is 0.577. The average Bonchev–Trinajstić information content (AvgIpc) is 3.28. The van der Waals surface area contributed by atoms with Crippen molar-refractivity contribution in [2.45, 2.75) is 65.5 Å². The molecule has 1 aromatic rings. The molecule has 25 heavy (non-hydrogen) atoms. The van der Waals surface area contributed by atoms with Crippen molar-refractivity contribution >= 4 is 5.96 Å². The first kappa shape index (κ1) is 19.8. The molecule has 0 spiro atoms. The lowest BCUT2D eigenvalue weighted by atomic mass is 9.99. The molecule has 2 rings (SSSR count). The molecule has 1 saturated heterocycles. The summed E-state index contributed by atoms with van der Waals surface area (Å²) in [5, 5.41) is 7.68. The normalized spacial score (nSPS) is 18.6. The zero-order chi connectivity index (χ0) is 18.2. The van der Waals surface area contributed by atoms with Crippen molar-refractivity contribution in [2.24, 2.45) is 4.99 Å². The fraction of sp³-hybridized carbons (Fsp3) is 0.789. The van der Waals surface area contributed by atoms with Gasteiger partial charge < -0.3 is 14.7 Å². The molecule has 1 N–H and O–H groups in total. The molecule has 1 aliphatic heterocycles. The SMILES string of the molecule is CCC(CC)c1cc(CNC(=NC)N2CCC(N(CC)CC)C2)on1. The maximum absolute atomic E-state index is 5.51. The topological polar surface area (TPSA) is 56.9 Å². The molecule has 0 aliphatic carbocycles. The molecule has 1 fully saturated rings. The summed E-state index contributed by atoms with van der Waals surface area (Å²) in [5.41, 5.74) is 1.07. The van der Waals surface area contributed by atoms with Crippen LogP contribution in [0.4, 0.5) is 0 Å². The Labute approximate surface area is 152 Å². The Balaban J connectivity index is 1.89. The number of likely N-dealkylation sites (tertiary alicyclic amines) is 1. The van der Waals surface area contributed by atoms with E-state index in [9.17, 15) is 0 Å². The highest BCUT2D eigenvalue weighted by molar-refractivity contribution is 5.80. The number of nitrogens with one attached hydrogen (secondary N) is 1. The second-order valence-electron chi connectivity index (χ2n) is 6.74. The van der Waals surface area contributed by atoms with E-state index in [0.717, 1.165) is 56.4 Å². The Morgan fingerprint density at radius 1 is 1.36 bits per heavy atom. The fourth-order valence-electron chi connectivity index (χ4n) is 3.78. The van der Waals surface area contributed by atoms with Crippen molar-refractivity contribution in [2.75, 3.05) is 33.2 Å². The molecule has 1 aromatic heterocycles. The van der Waals surface area contributed by atoms with Gasteiger partial charge in [0.2, 0.25) is 0 Å². The van der Waals surface area contributed by atoms with E-state index in [1.165, 1.54) is 6.42 Å². The first-order valence-corrected chi connectivity index (χ1v) is 9.81. The number of likely N-dealkylation sites (N-methyl/N-ethyl adjacent to an activating group) is 1. The zero-order valence-corrected chi connectivity index (χ0v) is 16.6. The predicted molar refractivity (Wildman–Crippen MR) is 103 cm³/mol. The van der Waals surface area contributed by atoms with Crippen molar-refractivity contribution in [3.8, 4) is 0 Å². The lowest BCUT2D eigenvalue weighted by Gasteiger charge is -2.27. The van der Waals surface area contributed by atoms with Gasteiger partial charge in [-0.2, -0.15) is 0 Å². The van der Waals surface area contributed by atoms with Crippen LogP contribution in [0, 0.1) is 0 Å². The second-order valence-corrected chi connectivity index (χ2v) is 6.74. The summed E-state index contributed by atoms with van der Waals surface area (Å²) in [7, 11) is 1.85. The van der Waals surface area contributed by atoms with E-state index in [1.54, 1.807) is 0 Å². The molecule has 1 atom stereocenters. The van der Waals surface area contributed by atoms with Crippen LogP contribution in [0.5, 0.6) is 0 Å². The van der Waals surface area contributed by atoms with Gasteiger partial charge >= 0.3 is 0 Å². The van der Waals surface area contributed by atoms with Crippen molar-refractivity contribution in [1.82, 2.24) is 20.3 Å². The van der Waals surface area contributed by atoms with Gasteiger partial charge in [-0.25, -0.2) is 0 Å². The van der Waals surface area contributed by atoms with E-state index in [4.69, 9.17) is 4.52 Å². The summed E-state index contributed by atoms with van der Waals surface area (Å²) < 4.78 is 5.51. The Morgan fingerprint density at radius 2 is 2.08 bits per heavy atom. The van der Waals surface area contributed by atoms with Gasteiger partial charge in [0.25, 0.3) is 0 Å². The van der Waals surface area contributed by atoms with E-state index >= 15 is 0 Å². The molecule has 0 radical (unpaired) electrons. The lowest BCUT2D eigenvalue weighted by molar-refractivity contribution is 0.223. The van der Waals surface area contributed by atoms with Gasteiger partial charge in [-0.1, -0.05) is 32.9 Å². The number of aliphatic imine (C=N–C) groups is 1. The third-order valence-electron chi connectivity index (χ3n) is 5.41. The minimum absolute atomic E-state index is 0.491. The molecule has 1 unspecified atom stereocenters. The molecule has 0 saturated carbocycles. The second kappa shape index (κ2) is 9.80. The van der Waals surface area contributed by atoms with Crippen molar-refractivity contribution in [3.05, 3.63) is 17.5 Å². The van der Waals surface area contributed by atoms with Crippen LogP contribution >= 0.6 is 0 Å². The molecule has 0 amide bonds. The summed E-state index contributed by atoms with van der Waals surface area (Å²) in [6.45, 7) is 13.8. The monoisotopic (exact) mass is 349 g/mol. The number of hydrogen-bond donors (Lipinski definition) is 1. The molecule has 2 heterocycles. The van der Waals surface area contributed by atoms with Gasteiger partial charge in [0.05, 0.1) is 12.2 Å². The minimum Gasteiger partial charge on any atom is -0.359 e. The Hall–Kier alpha value is -1.56. The molecule has 0 aromatic carbocycles. The fourth-order valence-corrected chi connectivity index (χ4v) is 3.78. The van der Waals surface area contributed by atoms with Gasteiger partial charge in [-0.3, -0.25) is 9.89 Å². The highest BCUT2D eigenvalue weighted by Gasteiger charge is 2.28. The smallest absolute Gasteiger partial charge is 0.194 e. The summed E-state index contributed by atoms with van der Waals surface area (Å²) >= 11 is 0. The number of hydrogen-bond acceptors (Lipinski definition) is 4. The van der Waals surface area contributed by atoms with Crippen molar-refractivity contribution in [3.63, 3.8) is 0 Å². The van der Waals surface area contributed by atoms with E-state index in [-0.39, 0.29) is 0 Å². The van der Waals surface area contributed by atoms with E-state index in [2.05, 4.69) is 59.0 Å². The van der Waals surface area contributed by atoms with E-state index < -0.39 is 0 Å². The largest absolute Gasteiger partial charge is 0.359 e. The van der Waals surface area contributed by atoms with Gasteiger partial charge in [0.1, 0.15) is 0 Å². The maximum Gasteiger partial charge on any atom is 0.194 e. The number of rotatable bonds is 8. The third kappa shape index (κ3) is 4.97. The zero-order valence-electron chi connectivity index (χ0n) is 16.6. The summed E-state index contributed by atoms with van der Waals surface area (Å²) in [5.74, 6) is 2.32. The van der Waals surface area contributed by atoms with Crippen molar-refractivity contribution < 1.29 is 4.52 Å². The van der Waals surface area contributed by atoms with Crippen LogP contribution in [0.15, 0.2) is 15.6 Å². The summed E-state index contributed by atoms with van der Waals surface area (Å²) in [6.07, 6.45) is 3.39. The van der Waals surface area contributed by atoms with Crippen LogP contribution < -0.4 is 5.32 Å². The Kier molecular flexibility index (Phi) is 7.75. The standard InChI is InChI=1S/C19H35N5O/c1-6-15(7-2)18-12-17(25-22-18)13-21-19(20-5)24-11-10-16(14-24)23(8-3)9-4/h12,15-16H,6-11,13-14H2,1-5H3,(H,20,21). The van der Waals surface area contributed by atoms with Crippen LogP contribution in [-0.4, -0.2) is 60.2 Å². The third-order valence-corrected chi connectivity index (χ3v) is 5.41. The molecular formula is C19H35N5O. The number of guanidine groups is 1. The van der Waals surface area contributed by atoms with Crippen LogP contribution in [0.3, 0.4) is 0 Å². The van der Waals surface area contributed by atoms with E-state index in [1.807, 2.05) is 7.05 Å². The van der Waals surface area contributed by atoms with Crippen LogP contribution in [0.25, 0.3) is 0 Å². The molecular weight excluding hydrogens is 314 g/mol. The highest BCUT2D eigenvalue weighted by Crippen LogP contribution is 2.22. The molecule has 142 valence electrons. The summed E-state index contributed by atoms with van der Waals surface area (Å²) in [4.78, 5) is 9.34. The number of aromatic nitrogens is 1. The van der Waals surface area contributed by atoms with E-state index in [0.29, 0.717) is 18.5 Å². The molecule has 6 nitrogen and oxygen atoms in total. The van der Waals surface area contributed by atoms with Crippen molar-refractivity contribution in [1.29, 1.82) is 0 Å². The van der Waals surface area contributed by atoms with Gasteiger partial charge in [0, 0.05) is 38.2 Å². The van der Waals surface area contributed by atoms with Crippen LogP contribution in [0.2, 0.25) is 0 Å². The first-order valence-electron chi connectivity index (χ1n) is 9.81. The Bertz CT molecular complexity index is 534. The minimum atomic E-state index is 0.491. The van der Waals surface area contributed by atoms with Crippen LogP contribution in [0.1, 0.15) is 64.3 Å². The molecule has 0 bridgehead atoms. The average molecular weight is 350 g/mol.